The van der Waals surface area contributed by atoms with Crippen LogP contribution in [0, 0.1) is 5.92 Å². The molecule has 2 unspecified atom stereocenters. The van der Waals surface area contributed by atoms with Crippen LogP contribution in [0.3, 0.4) is 0 Å². The maximum atomic E-state index is 11.6. The average molecular weight is 357 g/mol. The number of aliphatic hydroxyl groups excluding tert-OH is 1. The molecular formula is C21H42NO3+. The van der Waals surface area contributed by atoms with E-state index in [9.17, 15) is 15.0 Å². The lowest BCUT2D eigenvalue weighted by atomic mass is 10.0. The van der Waals surface area contributed by atoms with Crippen LogP contribution in [0.25, 0.3) is 0 Å². The SMILES string of the molecule is CC/C=C/CCC(O)C[N+](CCCC)(CCCC)CC(CC)C(=O)O. The average Bonchev–Trinajstić information content (AvgIpc) is 2.59. The number of carbonyl (C=O) groups is 1. The van der Waals surface area contributed by atoms with Crippen LogP contribution in [-0.4, -0.2) is 52.9 Å². The number of hydrogen-bond donors (Lipinski definition) is 2. The molecule has 148 valence electrons. The van der Waals surface area contributed by atoms with Gasteiger partial charge in [-0.05, 0) is 38.5 Å². The van der Waals surface area contributed by atoms with Crippen molar-refractivity contribution in [3.63, 3.8) is 0 Å². The second-order valence-electron chi connectivity index (χ2n) is 7.42. The molecule has 0 fully saturated rings. The molecule has 0 heterocycles. The Hall–Kier alpha value is -0.870. The first-order valence-electron chi connectivity index (χ1n) is 10.4. The summed E-state index contributed by atoms with van der Waals surface area (Å²) in [7, 11) is 0. The lowest BCUT2D eigenvalue weighted by Gasteiger charge is -2.42. The summed E-state index contributed by atoms with van der Waals surface area (Å²) in [4.78, 5) is 11.6. The highest BCUT2D eigenvalue weighted by Gasteiger charge is 2.34. The van der Waals surface area contributed by atoms with Crippen LogP contribution in [0.5, 0.6) is 0 Å². The van der Waals surface area contributed by atoms with Crippen LogP contribution < -0.4 is 0 Å². The van der Waals surface area contributed by atoms with Crippen LogP contribution in [0.4, 0.5) is 0 Å². The number of aliphatic carboxylic acids is 1. The third kappa shape index (κ3) is 10.7. The van der Waals surface area contributed by atoms with Crippen molar-refractivity contribution in [2.45, 2.75) is 85.2 Å². The highest BCUT2D eigenvalue weighted by Crippen LogP contribution is 2.20. The van der Waals surface area contributed by atoms with Crippen molar-refractivity contribution < 1.29 is 19.5 Å². The molecule has 0 aliphatic carbocycles. The molecule has 0 aromatic rings. The smallest absolute Gasteiger partial charge is 0.312 e. The number of carboxylic acids is 1. The van der Waals surface area contributed by atoms with E-state index in [1.54, 1.807) is 0 Å². The molecule has 0 aliphatic heterocycles. The third-order valence-corrected chi connectivity index (χ3v) is 5.09. The first-order chi connectivity index (χ1) is 11.9. The van der Waals surface area contributed by atoms with Gasteiger partial charge >= 0.3 is 5.97 Å². The largest absolute Gasteiger partial charge is 0.481 e. The van der Waals surface area contributed by atoms with E-state index in [4.69, 9.17) is 0 Å². The second-order valence-corrected chi connectivity index (χ2v) is 7.42. The Morgan fingerprint density at radius 1 is 1.00 bits per heavy atom. The number of rotatable bonds is 16. The first kappa shape index (κ1) is 24.1. The molecular weight excluding hydrogens is 314 g/mol. The van der Waals surface area contributed by atoms with E-state index in [1.807, 2.05) is 6.92 Å². The van der Waals surface area contributed by atoms with Crippen LogP contribution in [0.2, 0.25) is 0 Å². The summed E-state index contributed by atoms with van der Waals surface area (Å²) in [6.07, 6.45) is 11.6. The Balaban J connectivity index is 5.13. The number of carboxylic acid groups (broad SMARTS) is 1. The molecule has 2 atom stereocenters. The van der Waals surface area contributed by atoms with Gasteiger partial charge in [0, 0.05) is 0 Å². The van der Waals surface area contributed by atoms with E-state index in [0.717, 1.165) is 62.5 Å². The monoisotopic (exact) mass is 356 g/mol. The second kappa shape index (κ2) is 14.3. The van der Waals surface area contributed by atoms with Gasteiger partial charge in [-0.25, -0.2) is 0 Å². The maximum absolute atomic E-state index is 11.6. The maximum Gasteiger partial charge on any atom is 0.312 e. The van der Waals surface area contributed by atoms with Crippen molar-refractivity contribution in [2.24, 2.45) is 5.92 Å². The molecule has 0 spiro atoms. The highest BCUT2D eigenvalue weighted by molar-refractivity contribution is 5.69. The number of aliphatic hydroxyl groups is 1. The summed E-state index contributed by atoms with van der Waals surface area (Å²) < 4.78 is 0.755. The van der Waals surface area contributed by atoms with Crippen LogP contribution in [0.1, 0.15) is 79.1 Å². The van der Waals surface area contributed by atoms with Crippen molar-refractivity contribution in [1.29, 1.82) is 0 Å². The van der Waals surface area contributed by atoms with Gasteiger partial charge < -0.3 is 14.7 Å². The first-order valence-corrected chi connectivity index (χ1v) is 10.4. The van der Waals surface area contributed by atoms with Gasteiger partial charge in [0.25, 0.3) is 0 Å². The van der Waals surface area contributed by atoms with Crippen molar-refractivity contribution in [3.8, 4) is 0 Å². The fraction of sp³-hybridized carbons (Fsp3) is 0.857. The van der Waals surface area contributed by atoms with Gasteiger partial charge in [0.2, 0.25) is 0 Å². The molecule has 0 radical (unpaired) electrons. The quantitative estimate of drug-likeness (QED) is 0.313. The molecule has 4 heteroatoms. The summed E-state index contributed by atoms with van der Waals surface area (Å²) in [5.41, 5.74) is 0. The van der Waals surface area contributed by atoms with E-state index in [-0.39, 0.29) is 12.0 Å². The van der Waals surface area contributed by atoms with Gasteiger partial charge in [-0.1, -0.05) is 52.7 Å². The lowest BCUT2D eigenvalue weighted by molar-refractivity contribution is -0.933. The molecule has 4 nitrogen and oxygen atoms in total. The predicted molar refractivity (Wildman–Crippen MR) is 106 cm³/mol. The number of quaternary nitrogens is 1. The molecule has 0 aliphatic rings. The molecule has 0 saturated heterocycles. The number of nitrogens with zero attached hydrogens (tertiary/aromatic N) is 1. The van der Waals surface area contributed by atoms with E-state index in [2.05, 4.69) is 32.9 Å². The number of allylic oxidation sites excluding steroid dienone is 2. The minimum absolute atomic E-state index is 0.319. The fourth-order valence-corrected chi connectivity index (χ4v) is 3.50. The van der Waals surface area contributed by atoms with Crippen molar-refractivity contribution in [2.75, 3.05) is 26.2 Å². The molecule has 25 heavy (non-hydrogen) atoms. The van der Waals surface area contributed by atoms with Crippen LogP contribution in [-0.2, 0) is 4.79 Å². The topological polar surface area (TPSA) is 57.5 Å². The zero-order valence-electron chi connectivity index (χ0n) is 17.0. The van der Waals surface area contributed by atoms with Crippen LogP contribution >= 0.6 is 0 Å². The van der Waals surface area contributed by atoms with Gasteiger partial charge in [-0.2, -0.15) is 0 Å². The third-order valence-electron chi connectivity index (χ3n) is 5.09. The highest BCUT2D eigenvalue weighted by atomic mass is 16.4. The molecule has 0 bridgehead atoms. The lowest BCUT2D eigenvalue weighted by Crippen LogP contribution is -2.56. The predicted octanol–water partition coefficient (Wildman–Crippen LogP) is 4.62. The Morgan fingerprint density at radius 2 is 1.60 bits per heavy atom. The zero-order chi connectivity index (χ0) is 19.1. The molecule has 0 aromatic carbocycles. The Bertz CT molecular complexity index is 360. The van der Waals surface area contributed by atoms with E-state index >= 15 is 0 Å². The van der Waals surface area contributed by atoms with Crippen LogP contribution in [0.15, 0.2) is 12.2 Å². The molecule has 0 saturated carbocycles. The van der Waals surface area contributed by atoms with Gasteiger partial charge in [-0.3, -0.25) is 4.79 Å². The molecule has 0 rings (SSSR count). The van der Waals surface area contributed by atoms with Crippen molar-refractivity contribution >= 4 is 5.97 Å². The van der Waals surface area contributed by atoms with Gasteiger partial charge in [0.05, 0.1) is 19.6 Å². The van der Waals surface area contributed by atoms with E-state index < -0.39 is 5.97 Å². The summed E-state index contributed by atoms with van der Waals surface area (Å²) in [5, 5.41) is 20.2. The summed E-state index contributed by atoms with van der Waals surface area (Å²) >= 11 is 0. The molecule has 2 N–H and O–H groups in total. The van der Waals surface area contributed by atoms with Gasteiger partial charge in [0.1, 0.15) is 18.6 Å². The van der Waals surface area contributed by atoms with Gasteiger partial charge in [0.15, 0.2) is 0 Å². The minimum Gasteiger partial charge on any atom is -0.481 e. The Labute approximate surface area is 155 Å². The Kier molecular flexibility index (Phi) is 13.8. The molecule has 0 aromatic heterocycles. The van der Waals surface area contributed by atoms with Crippen molar-refractivity contribution in [3.05, 3.63) is 12.2 Å². The fourth-order valence-electron chi connectivity index (χ4n) is 3.50. The molecule has 0 amide bonds. The summed E-state index contributed by atoms with van der Waals surface area (Å²) in [6, 6.07) is 0. The number of unbranched alkanes of at least 4 members (excludes halogenated alkanes) is 2. The standard InChI is InChI=1S/C21H41NO3/c1-5-9-12-13-14-20(23)18-22(15-10-6-2,16-11-7-3)17-19(8-4)21(24)25/h9,12,19-20,23H,5-8,10-11,13-18H2,1-4H3/p+1/b12-9+. The zero-order valence-corrected chi connectivity index (χ0v) is 17.0. The summed E-state index contributed by atoms with van der Waals surface area (Å²) in [5.74, 6) is -1.01. The van der Waals surface area contributed by atoms with Gasteiger partial charge in [-0.15, -0.1) is 0 Å². The van der Waals surface area contributed by atoms with E-state index in [1.165, 1.54) is 0 Å². The summed E-state index contributed by atoms with van der Waals surface area (Å²) in [6.45, 7) is 11.7. The van der Waals surface area contributed by atoms with E-state index in [0.29, 0.717) is 19.5 Å². The minimum atomic E-state index is -0.696. The number of hydrogen-bond acceptors (Lipinski definition) is 2. The Morgan fingerprint density at radius 3 is 2.04 bits per heavy atom. The normalized spacial score (nSPS) is 14.8. The van der Waals surface area contributed by atoms with Crippen molar-refractivity contribution in [1.82, 2.24) is 0 Å².